The Morgan fingerprint density at radius 3 is 1.50 bits per heavy atom. The molecule has 0 bridgehead atoms. The molecule has 2 aromatic rings. The molecule has 0 spiro atoms. The van der Waals surface area contributed by atoms with Gasteiger partial charge < -0.3 is 10.2 Å². The van der Waals surface area contributed by atoms with E-state index < -0.39 is 0 Å². The monoisotopic (exact) mass is 488 g/mol. The first kappa shape index (κ1) is 22.3. The summed E-state index contributed by atoms with van der Waals surface area (Å²) < 4.78 is 0. The van der Waals surface area contributed by atoms with Crippen LogP contribution >= 0.6 is 46.4 Å². The average molecular weight is 490 g/mol. The van der Waals surface area contributed by atoms with Crippen LogP contribution in [-0.2, 0) is 13.1 Å². The number of phenols is 2. The topological polar surface area (TPSA) is 46.9 Å². The minimum Gasteiger partial charge on any atom is -0.506 e. The number of phenolic OH excluding ortho intramolecular Hbond substituents is 2. The van der Waals surface area contributed by atoms with Crippen LogP contribution < -0.4 is 0 Å². The summed E-state index contributed by atoms with van der Waals surface area (Å²) in [5.74, 6) is 0.210. The van der Waals surface area contributed by atoms with Crippen LogP contribution in [0.15, 0.2) is 24.3 Å². The molecule has 2 fully saturated rings. The summed E-state index contributed by atoms with van der Waals surface area (Å²) in [6.45, 7) is 3.14. The molecule has 0 saturated carbocycles. The van der Waals surface area contributed by atoms with Crippen LogP contribution in [0.3, 0.4) is 0 Å². The van der Waals surface area contributed by atoms with Gasteiger partial charge in [0.05, 0.1) is 10.0 Å². The second kappa shape index (κ2) is 9.32. The molecule has 0 radical (unpaired) electrons. The minimum atomic E-state index is 0.105. The summed E-state index contributed by atoms with van der Waals surface area (Å²) in [5.41, 5.74) is 1.51. The van der Waals surface area contributed by atoms with E-state index in [1.54, 1.807) is 24.3 Å². The molecule has 30 heavy (non-hydrogen) atoms. The van der Waals surface area contributed by atoms with Crippen molar-refractivity contribution in [3.63, 3.8) is 0 Å². The molecular weight excluding hydrogens is 466 g/mol. The molecule has 4 nitrogen and oxygen atoms in total. The van der Waals surface area contributed by atoms with Crippen molar-refractivity contribution in [2.45, 2.75) is 50.9 Å². The maximum atomic E-state index is 10.4. The van der Waals surface area contributed by atoms with E-state index >= 15 is 0 Å². The van der Waals surface area contributed by atoms with E-state index in [1.807, 2.05) is 0 Å². The Labute approximate surface area is 196 Å². The standard InChI is InChI=1S/C22H24Cl4N2O2/c23-15-7-13(21(29)17(25)9-15)11-27-5-1-3-19(27)20-4-2-6-28(20)12-14-8-16(24)10-18(26)22(14)30/h7-10,19-20,29-30H,1-6,11-12H2. The molecule has 0 amide bonds. The highest BCUT2D eigenvalue weighted by molar-refractivity contribution is 6.36. The zero-order chi connectivity index (χ0) is 21.4. The van der Waals surface area contributed by atoms with E-state index in [-0.39, 0.29) is 21.5 Å². The van der Waals surface area contributed by atoms with Crippen LogP contribution in [0, 0.1) is 0 Å². The summed E-state index contributed by atoms with van der Waals surface area (Å²) in [6, 6.07) is 7.42. The molecule has 4 rings (SSSR count). The van der Waals surface area contributed by atoms with Crippen LogP contribution in [0.2, 0.25) is 20.1 Å². The van der Waals surface area contributed by atoms with Gasteiger partial charge in [-0.1, -0.05) is 46.4 Å². The lowest BCUT2D eigenvalue weighted by Gasteiger charge is -2.35. The van der Waals surface area contributed by atoms with Gasteiger partial charge in [-0.05, 0) is 63.0 Å². The first-order chi connectivity index (χ1) is 14.3. The molecule has 2 atom stereocenters. The summed E-state index contributed by atoms with van der Waals surface area (Å²) in [7, 11) is 0. The summed E-state index contributed by atoms with van der Waals surface area (Å²) >= 11 is 24.5. The van der Waals surface area contributed by atoms with Gasteiger partial charge in [0, 0.05) is 46.3 Å². The zero-order valence-corrected chi connectivity index (χ0v) is 19.4. The molecule has 2 N–H and O–H groups in total. The second-order valence-electron chi connectivity index (χ2n) is 8.15. The van der Waals surface area contributed by atoms with Gasteiger partial charge in [-0.25, -0.2) is 0 Å². The Balaban J connectivity index is 1.52. The van der Waals surface area contributed by atoms with Crippen molar-refractivity contribution in [3.8, 4) is 11.5 Å². The van der Waals surface area contributed by atoms with Gasteiger partial charge >= 0.3 is 0 Å². The molecule has 2 aliphatic heterocycles. The molecule has 2 heterocycles. The van der Waals surface area contributed by atoms with E-state index in [2.05, 4.69) is 9.80 Å². The number of halogens is 4. The number of nitrogens with zero attached hydrogens (tertiary/aromatic N) is 2. The van der Waals surface area contributed by atoms with E-state index in [0.29, 0.717) is 35.2 Å². The van der Waals surface area contributed by atoms with Crippen molar-refractivity contribution in [1.82, 2.24) is 9.80 Å². The van der Waals surface area contributed by atoms with Gasteiger partial charge in [-0.15, -0.1) is 0 Å². The van der Waals surface area contributed by atoms with Crippen molar-refractivity contribution >= 4 is 46.4 Å². The second-order valence-corrected chi connectivity index (χ2v) is 9.84. The highest BCUT2D eigenvalue weighted by Gasteiger charge is 2.38. The van der Waals surface area contributed by atoms with Crippen LogP contribution in [0.25, 0.3) is 0 Å². The van der Waals surface area contributed by atoms with Crippen LogP contribution in [0.4, 0.5) is 0 Å². The highest BCUT2D eigenvalue weighted by Crippen LogP contribution is 2.38. The summed E-state index contributed by atoms with van der Waals surface area (Å²) in [4.78, 5) is 4.82. The molecule has 2 saturated heterocycles. The van der Waals surface area contributed by atoms with Crippen LogP contribution in [-0.4, -0.2) is 45.2 Å². The molecule has 162 valence electrons. The maximum absolute atomic E-state index is 10.4. The lowest BCUT2D eigenvalue weighted by molar-refractivity contribution is 0.123. The van der Waals surface area contributed by atoms with E-state index in [9.17, 15) is 10.2 Å². The molecule has 0 aliphatic carbocycles. The maximum Gasteiger partial charge on any atom is 0.138 e. The highest BCUT2D eigenvalue weighted by atomic mass is 35.5. The predicted octanol–water partition coefficient (Wildman–Crippen LogP) is 6.34. The number of benzene rings is 2. The van der Waals surface area contributed by atoms with E-state index in [4.69, 9.17) is 46.4 Å². The summed E-state index contributed by atoms with van der Waals surface area (Å²) in [6.07, 6.45) is 4.41. The predicted molar refractivity (Wildman–Crippen MR) is 123 cm³/mol. The molecule has 2 aliphatic rings. The SMILES string of the molecule is Oc1c(Cl)cc(Cl)cc1CN1CCCC1C1CCCN1Cc1cc(Cl)cc(Cl)c1O. The van der Waals surface area contributed by atoms with Gasteiger partial charge in [0.15, 0.2) is 0 Å². The van der Waals surface area contributed by atoms with Gasteiger partial charge in [0.25, 0.3) is 0 Å². The normalized spacial score (nSPS) is 22.8. The molecular formula is C22H24Cl4N2O2. The van der Waals surface area contributed by atoms with E-state index in [0.717, 1.165) is 49.9 Å². The van der Waals surface area contributed by atoms with Gasteiger partial charge in [-0.3, -0.25) is 9.80 Å². The quantitative estimate of drug-likeness (QED) is 0.514. The molecule has 8 heteroatoms. The number of likely N-dealkylation sites (tertiary alicyclic amines) is 2. The Morgan fingerprint density at radius 2 is 1.10 bits per heavy atom. The fraction of sp³-hybridized carbons (Fsp3) is 0.455. The summed E-state index contributed by atoms with van der Waals surface area (Å²) in [5, 5.41) is 22.4. The third kappa shape index (κ3) is 4.64. The van der Waals surface area contributed by atoms with E-state index in [1.165, 1.54) is 0 Å². The third-order valence-electron chi connectivity index (χ3n) is 6.23. The van der Waals surface area contributed by atoms with Crippen molar-refractivity contribution < 1.29 is 10.2 Å². The Hall–Kier alpha value is -0.880. The smallest absolute Gasteiger partial charge is 0.138 e. The van der Waals surface area contributed by atoms with Gasteiger partial charge in [0.1, 0.15) is 11.5 Å². The van der Waals surface area contributed by atoms with Crippen LogP contribution in [0.1, 0.15) is 36.8 Å². The third-order valence-corrected chi connectivity index (χ3v) is 7.25. The van der Waals surface area contributed by atoms with Crippen molar-refractivity contribution in [3.05, 3.63) is 55.5 Å². The fourth-order valence-electron chi connectivity index (χ4n) is 4.89. The molecule has 2 aromatic carbocycles. The molecule has 0 aromatic heterocycles. The zero-order valence-electron chi connectivity index (χ0n) is 16.4. The number of hydrogen-bond donors (Lipinski definition) is 2. The Morgan fingerprint density at radius 1 is 0.700 bits per heavy atom. The fourth-order valence-corrected chi connectivity index (χ4v) is 5.96. The number of hydrogen-bond acceptors (Lipinski definition) is 4. The van der Waals surface area contributed by atoms with Gasteiger partial charge in [0.2, 0.25) is 0 Å². The van der Waals surface area contributed by atoms with Crippen molar-refractivity contribution in [1.29, 1.82) is 0 Å². The largest absolute Gasteiger partial charge is 0.506 e. The molecule has 2 unspecified atom stereocenters. The van der Waals surface area contributed by atoms with Gasteiger partial charge in [-0.2, -0.15) is 0 Å². The first-order valence-electron chi connectivity index (χ1n) is 10.2. The Bertz CT molecular complexity index is 864. The average Bonchev–Trinajstić information content (AvgIpc) is 3.32. The number of rotatable bonds is 5. The lowest BCUT2D eigenvalue weighted by Crippen LogP contribution is -2.45. The Kier molecular flexibility index (Phi) is 6.93. The number of aromatic hydroxyl groups is 2. The van der Waals surface area contributed by atoms with Crippen LogP contribution in [0.5, 0.6) is 11.5 Å². The lowest BCUT2D eigenvalue weighted by atomic mass is 10.0. The van der Waals surface area contributed by atoms with Crippen molar-refractivity contribution in [2.24, 2.45) is 0 Å². The van der Waals surface area contributed by atoms with Crippen molar-refractivity contribution in [2.75, 3.05) is 13.1 Å². The first-order valence-corrected chi connectivity index (χ1v) is 11.7. The minimum absolute atomic E-state index is 0.105.